The smallest absolute Gasteiger partial charge is 0.258 e. The van der Waals surface area contributed by atoms with E-state index in [-0.39, 0.29) is 17.6 Å². The fourth-order valence-electron chi connectivity index (χ4n) is 3.21. The maximum atomic E-state index is 13.0. The van der Waals surface area contributed by atoms with E-state index in [1.54, 1.807) is 24.3 Å². The zero-order chi connectivity index (χ0) is 22.4. The van der Waals surface area contributed by atoms with Crippen LogP contribution in [0, 0.1) is 13.8 Å². The van der Waals surface area contributed by atoms with Gasteiger partial charge in [-0.05, 0) is 61.7 Å². The van der Waals surface area contributed by atoms with Gasteiger partial charge in [0.15, 0.2) is 0 Å². The largest absolute Gasteiger partial charge is 0.325 e. The van der Waals surface area contributed by atoms with Crippen LogP contribution in [0.1, 0.15) is 34.1 Å². The molecular weight excluding hydrogens is 430 g/mol. The lowest BCUT2D eigenvalue weighted by Crippen LogP contribution is -2.18. The van der Waals surface area contributed by atoms with E-state index < -0.39 is 0 Å². The van der Waals surface area contributed by atoms with Crippen LogP contribution in [0.3, 0.4) is 0 Å². The predicted octanol–water partition coefficient (Wildman–Crippen LogP) is 5.90. The Bertz CT molecular complexity index is 1120. The Morgan fingerprint density at radius 3 is 2.55 bits per heavy atom. The summed E-state index contributed by atoms with van der Waals surface area (Å²) < 4.78 is 0. The van der Waals surface area contributed by atoms with E-state index in [1.165, 1.54) is 11.8 Å². The van der Waals surface area contributed by atoms with Gasteiger partial charge >= 0.3 is 0 Å². The highest BCUT2D eigenvalue weighted by Gasteiger charge is 2.19. The standard InChI is InChI=1S/C24H24ClN3O2S/c1-4-17-8-5-6-11-20(17)28-21(29)14-31-24-22(15(2)12-16(3)26-24)23(30)27-19-10-7-9-18(25)13-19/h5-13H,4,14H2,1-3H3,(H,27,30)(H,28,29). The van der Waals surface area contributed by atoms with Crippen molar-refractivity contribution >= 4 is 46.6 Å². The van der Waals surface area contributed by atoms with Gasteiger partial charge in [0.2, 0.25) is 5.91 Å². The lowest BCUT2D eigenvalue weighted by atomic mass is 10.1. The average molecular weight is 454 g/mol. The van der Waals surface area contributed by atoms with Crippen LogP contribution in [0.5, 0.6) is 0 Å². The van der Waals surface area contributed by atoms with E-state index in [0.29, 0.717) is 21.3 Å². The molecule has 0 fully saturated rings. The van der Waals surface area contributed by atoms with Crippen LogP contribution < -0.4 is 10.6 Å². The van der Waals surface area contributed by atoms with Crippen LogP contribution in [0.2, 0.25) is 5.02 Å². The molecule has 1 heterocycles. The molecule has 0 bridgehead atoms. The van der Waals surface area contributed by atoms with Gasteiger partial charge in [-0.1, -0.05) is 54.6 Å². The number of carbonyl (C=O) groups excluding carboxylic acids is 2. The summed E-state index contributed by atoms with van der Waals surface area (Å²) in [5.74, 6) is -0.287. The van der Waals surface area contributed by atoms with Gasteiger partial charge in [0, 0.05) is 22.1 Å². The minimum absolute atomic E-state index is 0.144. The molecule has 2 aromatic carbocycles. The van der Waals surface area contributed by atoms with E-state index in [9.17, 15) is 9.59 Å². The Labute approximate surface area is 191 Å². The number of rotatable bonds is 7. The maximum Gasteiger partial charge on any atom is 0.258 e. The predicted molar refractivity (Wildman–Crippen MR) is 128 cm³/mol. The number of amides is 2. The highest BCUT2D eigenvalue weighted by atomic mass is 35.5. The molecule has 3 rings (SSSR count). The molecule has 5 nitrogen and oxygen atoms in total. The topological polar surface area (TPSA) is 71.1 Å². The Morgan fingerprint density at radius 2 is 1.81 bits per heavy atom. The Balaban J connectivity index is 1.76. The van der Waals surface area contributed by atoms with Gasteiger partial charge in [-0.15, -0.1) is 0 Å². The van der Waals surface area contributed by atoms with E-state index >= 15 is 0 Å². The number of hydrogen-bond donors (Lipinski definition) is 2. The lowest BCUT2D eigenvalue weighted by molar-refractivity contribution is -0.113. The summed E-state index contributed by atoms with van der Waals surface area (Å²) in [6, 6.07) is 16.5. The van der Waals surface area contributed by atoms with Crippen LogP contribution in [0.4, 0.5) is 11.4 Å². The molecule has 0 radical (unpaired) electrons. The fourth-order valence-corrected chi connectivity index (χ4v) is 4.35. The number of para-hydroxylation sites is 1. The summed E-state index contributed by atoms with van der Waals surface area (Å²) >= 11 is 7.27. The molecule has 0 aliphatic heterocycles. The molecule has 0 unspecified atom stereocenters. The second-order valence-corrected chi connectivity index (χ2v) is 8.47. The van der Waals surface area contributed by atoms with Gasteiger partial charge in [-0.25, -0.2) is 4.98 Å². The van der Waals surface area contributed by atoms with E-state index in [1.807, 2.05) is 51.1 Å². The monoisotopic (exact) mass is 453 g/mol. The molecule has 2 amide bonds. The highest BCUT2D eigenvalue weighted by molar-refractivity contribution is 8.00. The number of aromatic nitrogens is 1. The molecule has 31 heavy (non-hydrogen) atoms. The van der Waals surface area contributed by atoms with Gasteiger partial charge in [0.05, 0.1) is 11.3 Å². The number of nitrogens with one attached hydrogen (secondary N) is 2. The SMILES string of the molecule is CCc1ccccc1NC(=O)CSc1nc(C)cc(C)c1C(=O)Nc1cccc(Cl)c1. The van der Waals surface area contributed by atoms with Gasteiger partial charge in [0.25, 0.3) is 5.91 Å². The first-order valence-electron chi connectivity index (χ1n) is 9.93. The molecule has 0 aliphatic rings. The molecule has 2 N–H and O–H groups in total. The Hall–Kier alpha value is -2.83. The molecular formula is C24H24ClN3O2S. The van der Waals surface area contributed by atoms with Crippen LogP contribution in [0.15, 0.2) is 59.6 Å². The Kier molecular flexibility index (Phi) is 7.71. The molecule has 7 heteroatoms. The summed E-state index contributed by atoms with van der Waals surface area (Å²) in [6.07, 6.45) is 0.829. The van der Waals surface area contributed by atoms with Crippen molar-refractivity contribution in [2.45, 2.75) is 32.2 Å². The van der Waals surface area contributed by atoms with Crippen LogP contribution in [-0.2, 0) is 11.2 Å². The van der Waals surface area contributed by atoms with Gasteiger partial charge in [-0.3, -0.25) is 9.59 Å². The van der Waals surface area contributed by atoms with Crippen molar-refractivity contribution in [2.75, 3.05) is 16.4 Å². The quantitative estimate of drug-likeness (QED) is 0.437. The molecule has 0 saturated heterocycles. The second kappa shape index (κ2) is 10.5. The van der Waals surface area contributed by atoms with Crippen molar-refractivity contribution in [2.24, 2.45) is 0 Å². The summed E-state index contributed by atoms with van der Waals surface area (Å²) in [4.78, 5) is 30.1. The summed E-state index contributed by atoms with van der Waals surface area (Å²) in [5.41, 5.74) is 4.52. The molecule has 3 aromatic rings. The van der Waals surface area contributed by atoms with Crippen molar-refractivity contribution in [1.82, 2.24) is 4.98 Å². The number of aryl methyl sites for hydroxylation is 3. The highest BCUT2D eigenvalue weighted by Crippen LogP contribution is 2.26. The summed E-state index contributed by atoms with van der Waals surface area (Å²) in [7, 11) is 0. The van der Waals surface area contributed by atoms with Crippen LogP contribution in [-0.4, -0.2) is 22.6 Å². The number of halogens is 1. The third kappa shape index (κ3) is 6.09. The molecule has 160 valence electrons. The normalized spacial score (nSPS) is 10.6. The van der Waals surface area contributed by atoms with Crippen LogP contribution in [0.25, 0.3) is 0 Å². The van der Waals surface area contributed by atoms with Crippen molar-refractivity contribution in [3.05, 3.63) is 82.0 Å². The van der Waals surface area contributed by atoms with Gasteiger partial charge < -0.3 is 10.6 Å². The minimum Gasteiger partial charge on any atom is -0.325 e. The number of benzene rings is 2. The van der Waals surface area contributed by atoms with Crippen molar-refractivity contribution in [3.63, 3.8) is 0 Å². The minimum atomic E-state index is -0.286. The molecule has 0 aliphatic carbocycles. The van der Waals surface area contributed by atoms with E-state index in [2.05, 4.69) is 15.6 Å². The third-order valence-electron chi connectivity index (χ3n) is 4.63. The molecule has 0 saturated carbocycles. The number of anilines is 2. The van der Waals surface area contributed by atoms with E-state index in [0.717, 1.165) is 28.9 Å². The number of pyridine rings is 1. The molecule has 1 aromatic heterocycles. The summed E-state index contributed by atoms with van der Waals surface area (Å²) in [6.45, 7) is 5.78. The number of carbonyl (C=O) groups is 2. The van der Waals surface area contributed by atoms with Crippen molar-refractivity contribution in [1.29, 1.82) is 0 Å². The molecule has 0 atom stereocenters. The van der Waals surface area contributed by atoms with Crippen LogP contribution >= 0.6 is 23.4 Å². The van der Waals surface area contributed by atoms with Crippen molar-refractivity contribution in [3.8, 4) is 0 Å². The first-order chi connectivity index (χ1) is 14.9. The first kappa shape index (κ1) is 22.8. The first-order valence-corrected chi connectivity index (χ1v) is 11.3. The molecule has 0 spiro atoms. The zero-order valence-electron chi connectivity index (χ0n) is 17.7. The Morgan fingerprint density at radius 1 is 1.03 bits per heavy atom. The van der Waals surface area contributed by atoms with E-state index in [4.69, 9.17) is 11.6 Å². The van der Waals surface area contributed by atoms with Crippen molar-refractivity contribution < 1.29 is 9.59 Å². The third-order valence-corrected chi connectivity index (χ3v) is 5.84. The maximum absolute atomic E-state index is 13.0. The number of thioether (sulfide) groups is 1. The van der Waals surface area contributed by atoms with Gasteiger partial charge in [-0.2, -0.15) is 0 Å². The summed E-state index contributed by atoms with van der Waals surface area (Å²) in [5, 5.41) is 6.88. The zero-order valence-corrected chi connectivity index (χ0v) is 19.2. The number of hydrogen-bond acceptors (Lipinski definition) is 4. The average Bonchev–Trinajstić information content (AvgIpc) is 2.72. The second-order valence-electron chi connectivity index (χ2n) is 7.07. The van der Waals surface area contributed by atoms with Gasteiger partial charge in [0.1, 0.15) is 5.03 Å². The fraction of sp³-hybridized carbons (Fsp3) is 0.208. The lowest BCUT2D eigenvalue weighted by Gasteiger charge is -2.14. The number of nitrogens with zero attached hydrogens (tertiary/aromatic N) is 1.